The number of nitrogens with one attached hydrogen (secondary N) is 1. The largest absolute Gasteiger partial charge is 0.382 e. The second-order valence-electron chi connectivity index (χ2n) is 5.01. The first kappa shape index (κ1) is 13.4. The number of unbranched alkanes of at least 4 members (excludes halogenated alkanes) is 1. The number of hydrogen-bond acceptors (Lipinski definition) is 2. The van der Waals surface area contributed by atoms with Crippen LogP contribution in [0.15, 0.2) is 36.4 Å². The first-order valence-electron chi connectivity index (χ1n) is 6.94. The Bertz CT molecular complexity index is 596. The lowest BCUT2D eigenvalue weighted by Gasteiger charge is -2.17. The molecule has 0 saturated carbocycles. The molecule has 0 bridgehead atoms. The molecule has 2 rings (SSSR count). The summed E-state index contributed by atoms with van der Waals surface area (Å²) in [4.78, 5) is 0. The van der Waals surface area contributed by atoms with Gasteiger partial charge >= 0.3 is 0 Å². The van der Waals surface area contributed by atoms with Crippen LogP contribution < -0.4 is 5.32 Å². The van der Waals surface area contributed by atoms with Gasteiger partial charge in [-0.1, -0.05) is 44.0 Å². The van der Waals surface area contributed by atoms with Gasteiger partial charge in [0.1, 0.15) is 0 Å². The van der Waals surface area contributed by atoms with E-state index >= 15 is 0 Å². The summed E-state index contributed by atoms with van der Waals surface area (Å²) < 4.78 is 0. The molecule has 98 valence electrons. The van der Waals surface area contributed by atoms with E-state index in [4.69, 9.17) is 5.26 Å². The molecule has 1 unspecified atom stereocenters. The Morgan fingerprint density at radius 1 is 1.16 bits per heavy atom. The maximum Gasteiger partial charge on any atom is 0.0998 e. The molecule has 1 atom stereocenters. The van der Waals surface area contributed by atoms with Gasteiger partial charge in [-0.25, -0.2) is 0 Å². The molecule has 2 nitrogen and oxygen atoms in total. The van der Waals surface area contributed by atoms with E-state index in [1.165, 1.54) is 19.3 Å². The van der Waals surface area contributed by atoms with E-state index in [9.17, 15) is 0 Å². The van der Waals surface area contributed by atoms with Crippen LogP contribution in [0.4, 0.5) is 5.69 Å². The third-order valence-corrected chi connectivity index (χ3v) is 3.44. The van der Waals surface area contributed by atoms with Crippen molar-refractivity contribution in [2.75, 3.05) is 5.32 Å². The average molecular weight is 252 g/mol. The van der Waals surface area contributed by atoms with Gasteiger partial charge < -0.3 is 5.32 Å². The first-order valence-corrected chi connectivity index (χ1v) is 6.94. The lowest BCUT2D eigenvalue weighted by molar-refractivity contribution is 0.645. The van der Waals surface area contributed by atoms with Crippen molar-refractivity contribution in [3.63, 3.8) is 0 Å². The van der Waals surface area contributed by atoms with Crippen LogP contribution in [0.2, 0.25) is 0 Å². The van der Waals surface area contributed by atoms with Crippen molar-refractivity contribution < 1.29 is 0 Å². The summed E-state index contributed by atoms with van der Waals surface area (Å²) in [5, 5.41) is 14.9. The van der Waals surface area contributed by atoms with Gasteiger partial charge in [-0.2, -0.15) is 5.26 Å². The minimum Gasteiger partial charge on any atom is -0.382 e. The van der Waals surface area contributed by atoms with E-state index in [0.717, 1.165) is 22.0 Å². The van der Waals surface area contributed by atoms with Crippen LogP contribution in [-0.4, -0.2) is 6.04 Å². The molecule has 19 heavy (non-hydrogen) atoms. The zero-order valence-electron chi connectivity index (χ0n) is 11.6. The average Bonchev–Trinajstić information content (AvgIpc) is 2.45. The summed E-state index contributed by atoms with van der Waals surface area (Å²) >= 11 is 0. The van der Waals surface area contributed by atoms with Crippen LogP contribution in [0.5, 0.6) is 0 Å². The third-order valence-electron chi connectivity index (χ3n) is 3.44. The Balaban J connectivity index is 2.32. The quantitative estimate of drug-likeness (QED) is 0.837. The monoisotopic (exact) mass is 252 g/mol. The first-order chi connectivity index (χ1) is 9.26. The van der Waals surface area contributed by atoms with Crippen LogP contribution >= 0.6 is 0 Å². The molecule has 1 N–H and O–H groups in total. The zero-order chi connectivity index (χ0) is 13.7. The fourth-order valence-corrected chi connectivity index (χ4v) is 2.37. The van der Waals surface area contributed by atoms with E-state index < -0.39 is 0 Å². The number of anilines is 1. The Kier molecular flexibility index (Phi) is 4.41. The van der Waals surface area contributed by atoms with Gasteiger partial charge in [-0.15, -0.1) is 0 Å². The van der Waals surface area contributed by atoms with E-state index in [0.29, 0.717) is 6.04 Å². The normalized spacial score (nSPS) is 12.1. The molecule has 0 aliphatic rings. The number of fused-ring (bicyclic) bond motifs is 1. The topological polar surface area (TPSA) is 35.8 Å². The van der Waals surface area contributed by atoms with Gasteiger partial charge in [0, 0.05) is 22.5 Å². The van der Waals surface area contributed by atoms with Gasteiger partial charge in [0.15, 0.2) is 0 Å². The smallest absolute Gasteiger partial charge is 0.0998 e. The van der Waals surface area contributed by atoms with Crippen LogP contribution in [0.1, 0.15) is 38.7 Å². The lowest BCUT2D eigenvalue weighted by Crippen LogP contribution is -2.15. The Morgan fingerprint density at radius 3 is 2.58 bits per heavy atom. The molecule has 0 spiro atoms. The molecule has 2 aromatic rings. The zero-order valence-corrected chi connectivity index (χ0v) is 11.6. The molecule has 0 amide bonds. The lowest BCUT2D eigenvalue weighted by atomic mass is 10.0. The second-order valence-corrected chi connectivity index (χ2v) is 5.01. The molecular weight excluding hydrogens is 232 g/mol. The Hall–Kier alpha value is -2.01. The molecule has 2 aromatic carbocycles. The van der Waals surface area contributed by atoms with Gasteiger partial charge in [-0.3, -0.25) is 0 Å². The molecule has 0 fully saturated rings. The molecule has 0 aliphatic carbocycles. The van der Waals surface area contributed by atoms with Crippen molar-refractivity contribution in [3.8, 4) is 6.07 Å². The highest BCUT2D eigenvalue weighted by Gasteiger charge is 2.07. The highest BCUT2D eigenvalue weighted by Crippen LogP contribution is 2.27. The molecule has 0 radical (unpaired) electrons. The number of nitrogens with zero attached hydrogens (tertiary/aromatic N) is 1. The Morgan fingerprint density at radius 2 is 1.89 bits per heavy atom. The maximum atomic E-state index is 9.15. The van der Waals surface area contributed by atoms with Crippen molar-refractivity contribution >= 4 is 16.5 Å². The summed E-state index contributed by atoms with van der Waals surface area (Å²) in [6, 6.07) is 14.7. The second kappa shape index (κ2) is 6.24. The van der Waals surface area contributed by atoms with Gasteiger partial charge in [0.25, 0.3) is 0 Å². The van der Waals surface area contributed by atoms with Crippen molar-refractivity contribution in [3.05, 3.63) is 42.0 Å². The number of rotatable bonds is 5. The molecule has 0 saturated heterocycles. The van der Waals surface area contributed by atoms with Crippen molar-refractivity contribution in [1.82, 2.24) is 0 Å². The van der Waals surface area contributed by atoms with Crippen molar-refractivity contribution in [2.45, 2.75) is 39.2 Å². The number of hydrogen-bond donors (Lipinski definition) is 1. The fourth-order valence-electron chi connectivity index (χ4n) is 2.37. The maximum absolute atomic E-state index is 9.15. The van der Waals surface area contributed by atoms with Gasteiger partial charge in [-0.05, 0) is 25.5 Å². The van der Waals surface area contributed by atoms with Gasteiger partial charge in [0.05, 0.1) is 11.6 Å². The molecule has 0 heterocycles. The predicted octanol–water partition coefficient (Wildman–Crippen LogP) is 4.70. The highest BCUT2D eigenvalue weighted by atomic mass is 14.9. The fraction of sp³-hybridized carbons (Fsp3) is 0.353. The minimum atomic E-state index is 0.455. The summed E-state index contributed by atoms with van der Waals surface area (Å²) in [6.07, 6.45) is 3.63. The summed E-state index contributed by atoms with van der Waals surface area (Å²) in [5.74, 6) is 0. The minimum absolute atomic E-state index is 0.455. The summed E-state index contributed by atoms with van der Waals surface area (Å²) in [6.45, 7) is 4.42. The molecule has 2 heteroatoms. The third kappa shape index (κ3) is 3.06. The van der Waals surface area contributed by atoms with E-state index in [-0.39, 0.29) is 0 Å². The molecular formula is C17H20N2. The van der Waals surface area contributed by atoms with Crippen LogP contribution in [-0.2, 0) is 0 Å². The van der Waals surface area contributed by atoms with Crippen molar-refractivity contribution in [2.24, 2.45) is 0 Å². The van der Waals surface area contributed by atoms with E-state index in [1.54, 1.807) is 0 Å². The van der Waals surface area contributed by atoms with Gasteiger partial charge in [0.2, 0.25) is 0 Å². The van der Waals surface area contributed by atoms with Crippen LogP contribution in [0, 0.1) is 11.3 Å². The van der Waals surface area contributed by atoms with E-state index in [2.05, 4.69) is 31.3 Å². The summed E-state index contributed by atoms with van der Waals surface area (Å²) in [7, 11) is 0. The van der Waals surface area contributed by atoms with Crippen LogP contribution in [0.25, 0.3) is 10.8 Å². The molecule has 0 aromatic heterocycles. The SMILES string of the molecule is CCCCC(C)Nc1ccc(C#N)c2ccccc12. The predicted molar refractivity (Wildman–Crippen MR) is 81.3 cm³/mol. The number of benzene rings is 2. The highest BCUT2D eigenvalue weighted by molar-refractivity contribution is 5.97. The number of nitriles is 1. The Labute approximate surface area is 115 Å². The molecule has 0 aliphatic heterocycles. The van der Waals surface area contributed by atoms with Crippen molar-refractivity contribution in [1.29, 1.82) is 5.26 Å². The summed E-state index contributed by atoms with van der Waals surface area (Å²) in [5.41, 5.74) is 1.86. The van der Waals surface area contributed by atoms with E-state index in [1.807, 2.05) is 30.3 Å². The van der Waals surface area contributed by atoms with Crippen LogP contribution in [0.3, 0.4) is 0 Å². The standard InChI is InChI=1S/C17H20N2/c1-3-4-7-13(2)19-17-11-10-14(12-18)15-8-5-6-9-16(15)17/h5-6,8-11,13,19H,3-4,7H2,1-2H3.